The molecule has 0 aliphatic rings. The number of sulfonamides is 1. The number of carbonyl (C=O) groups excluding carboxylic acids is 1. The van der Waals surface area contributed by atoms with E-state index in [2.05, 4.69) is 10.0 Å². The van der Waals surface area contributed by atoms with E-state index in [1.807, 2.05) is 30.3 Å². The topological polar surface area (TPSA) is 93.7 Å². The minimum absolute atomic E-state index is 0.215. The van der Waals surface area contributed by atoms with Gasteiger partial charge in [-0.2, -0.15) is 0 Å². The van der Waals surface area contributed by atoms with Gasteiger partial charge in [0.05, 0.1) is 19.1 Å². The zero-order chi connectivity index (χ0) is 19.0. The van der Waals surface area contributed by atoms with Crippen LogP contribution in [0.25, 0.3) is 0 Å². The minimum atomic E-state index is -3.38. The average Bonchev–Trinajstić information content (AvgIpc) is 2.61. The van der Waals surface area contributed by atoms with E-state index < -0.39 is 16.1 Å². The Hall–Kier alpha value is -2.74. The van der Waals surface area contributed by atoms with Gasteiger partial charge in [-0.05, 0) is 29.7 Å². The lowest BCUT2D eigenvalue weighted by Gasteiger charge is -2.12. The monoisotopic (exact) mass is 378 g/mol. The van der Waals surface area contributed by atoms with Gasteiger partial charge in [0.25, 0.3) is 0 Å². The molecule has 0 radical (unpaired) electrons. The normalized spacial score (nSPS) is 10.8. The zero-order valence-electron chi connectivity index (χ0n) is 14.7. The summed E-state index contributed by atoms with van der Waals surface area (Å²) in [5.41, 5.74) is 2.18. The highest BCUT2D eigenvalue weighted by atomic mass is 32.2. The van der Waals surface area contributed by atoms with Gasteiger partial charge in [-0.15, -0.1) is 0 Å². The van der Waals surface area contributed by atoms with Crippen LogP contribution in [0.1, 0.15) is 11.1 Å². The van der Waals surface area contributed by atoms with Crippen molar-refractivity contribution in [3.05, 3.63) is 59.7 Å². The van der Waals surface area contributed by atoms with Gasteiger partial charge in [0.1, 0.15) is 12.4 Å². The maximum atomic E-state index is 11.7. The van der Waals surface area contributed by atoms with Crippen molar-refractivity contribution in [2.75, 3.05) is 24.6 Å². The predicted molar refractivity (Wildman–Crippen MR) is 99.8 cm³/mol. The van der Waals surface area contributed by atoms with Crippen LogP contribution in [0.15, 0.2) is 48.5 Å². The molecule has 2 aromatic carbocycles. The fourth-order valence-electron chi connectivity index (χ4n) is 2.26. The third kappa shape index (κ3) is 6.64. The Balaban J connectivity index is 1.82. The summed E-state index contributed by atoms with van der Waals surface area (Å²) in [7, 11) is -1.92. The van der Waals surface area contributed by atoms with Crippen molar-refractivity contribution in [3.63, 3.8) is 0 Å². The Bertz CT molecular complexity index is 838. The molecule has 0 spiro atoms. The molecule has 0 aromatic heterocycles. The molecule has 0 heterocycles. The molecule has 7 nitrogen and oxygen atoms in total. The average molecular weight is 378 g/mol. The lowest BCUT2D eigenvalue weighted by molar-refractivity contribution is 0.140. The van der Waals surface area contributed by atoms with Gasteiger partial charge >= 0.3 is 6.09 Å². The number of rotatable bonds is 8. The van der Waals surface area contributed by atoms with E-state index in [4.69, 9.17) is 9.47 Å². The van der Waals surface area contributed by atoms with Crippen molar-refractivity contribution in [3.8, 4) is 5.75 Å². The van der Waals surface area contributed by atoms with Crippen molar-refractivity contribution >= 4 is 21.8 Å². The van der Waals surface area contributed by atoms with Crippen molar-refractivity contribution in [2.24, 2.45) is 0 Å². The number of methoxy groups -OCH3 is 1. The van der Waals surface area contributed by atoms with Crippen LogP contribution in [0.3, 0.4) is 0 Å². The zero-order valence-corrected chi connectivity index (χ0v) is 15.5. The number of ether oxygens (including phenoxy) is 2. The number of hydrogen-bond donors (Lipinski definition) is 2. The molecule has 8 heteroatoms. The maximum absolute atomic E-state index is 11.7. The number of nitrogens with one attached hydrogen (secondary N) is 2. The number of amides is 1. The van der Waals surface area contributed by atoms with Crippen molar-refractivity contribution in [1.29, 1.82) is 0 Å². The summed E-state index contributed by atoms with van der Waals surface area (Å²) in [6, 6.07) is 14.5. The third-order valence-electron chi connectivity index (χ3n) is 3.46. The van der Waals surface area contributed by atoms with Crippen LogP contribution >= 0.6 is 0 Å². The lowest BCUT2D eigenvalue weighted by Crippen LogP contribution is -2.26. The standard InChI is InChI=1S/C18H22N2O5S/c1-24-17-12-14(8-9-16(17)20-26(2,22)23)10-11-19-18(21)25-13-15-6-4-3-5-7-15/h3-9,12,20H,10-11,13H2,1-2H3,(H,19,21). The fourth-order valence-corrected chi connectivity index (χ4v) is 2.83. The molecule has 0 saturated heterocycles. The van der Waals surface area contributed by atoms with Crippen LogP contribution < -0.4 is 14.8 Å². The van der Waals surface area contributed by atoms with Crippen LogP contribution in [0, 0.1) is 0 Å². The molecule has 140 valence electrons. The number of hydrogen-bond acceptors (Lipinski definition) is 5. The van der Waals surface area contributed by atoms with Gasteiger partial charge in [0.15, 0.2) is 0 Å². The number of anilines is 1. The van der Waals surface area contributed by atoms with Crippen LogP contribution in [-0.4, -0.2) is 34.4 Å². The van der Waals surface area contributed by atoms with Gasteiger partial charge in [0, 0.05) is 6.54 Å². The Labute approximate surface area is 153 Å². The lowest BCUT2D eigenvalue weighted by atomic mass is 10.1. The second-order valence-electron chi connectivity index (χ2n) is 5.65. The van der Waals surface area contributed by atoms with Crippen molar-refractivity contribution < 1.29 is 22.7 Å². The molecule has 2 rings (SSSR count). The first-order valence-corrected chi connectivity index (χ1v) is 9.86. The molecule has 0 unspecified atom stereocenters. The molecule has 0 fully saturated rings. The summed E-state index contributed by atoms with van der Waals surface area (Å²) in [5.74, 6) is 0.416. The minimum Gasteiger partial charge on any atom is -0.495 e. The first-order valence-electron chi connectivity index (χ1n) is 7.96. The van der Waals surface area contributed by atoms with Gasteiger partial charge in [0.2, 0.25) is 10.0 Å². The quantitative estimate of drug-likeness (QED) is 0.736. The third-order valence-corrected chi connectivity index (χ3v) is 4.05. The smallest absolute Gasteiger partial charge is 0.407 e. The Morgan fingerprint density at radius 2 is 1.81 bits per heavy atom. The summed E-state index contributed by atoms with van der Waals surface area (Å²) < 4.78 is 35.4. The van der Waals surface area contributed by atoms with Crippen LogP contribution in [0.4, 0.5) is 10.5 Å². The number of carbonyl (C=O) groups is 1. The summed E-state index contributed by atoms with van der Waals surface area (Å²) in [6.45, 7) is 0.599. The van der Waals surface area contributed by atoms with Gasteiger partial charge in [-0.3, -0.25) is 4.72 Å². The van der Waals surface area contributed by atoms with Crippen LogP contribution in [0.2, 0.25) is 0 Å². The Morgan fingerprint density at radius 3 is 2.46 bits per heavy atom. The van der Waals surface area contributed by atoms with Gasteiger partial charge < -0.3 is 14.8 Å². The summed E-state index contributed by atoms with van der Waals surface area (Å²) in [5, 5.41) is 2.68. The first-order chi connectivity index (χ1) is 12.4. The molecule has 0 aliphatic heterocycles. The molecule has 1 amide bonds. The molecule has 0 bridgehead atoms. The Morgan fingerprint density at radius 1 is 1.08 bits per heavy atom. The highest BCUT2D eigenvalue weighted by Gasteiger charge is 2.09. The molecular weight excluding hydrogens is 356 g/mol. The number of benzene rings is 2. The molecule has 0 atom stereocenters. The van der Waals surface area contributed by atoms with E-state index >= 15 is 0 Å². The van der Waals surface area contributed by atoms with E-state index in [1.54, 1.807) is 18.2 Å². The first kappa shape index (κ1) is 19.6. The highest BCUT2D eigenvalue weighted by Crippen LogP contribution is 2.26. The van der Waals surface area contributed by atoms with Crippen LogP contribution in [0.5, 0.6) is 5.75 Å². The molecular formula is C18H22N2O5S. The van der Waals surface area contributed by atoms with Crippen molar-refractivity contribution in [2.45, 2.75) is 13.0 Å². The van der Waals surface area contributed by atoms with Gasteiger partial charge in [-0.25, -0.2) is 13.2 Å². The molecule has 26 heavy (non-hydrogen) atoms. The summed E-state index contributed by atoms with van der Waals surface area (Å²) >= 11 is 0. The fraction of sp³-hybridized carbons (Fsp3) is 0.278. The second-order valence-corrected chi connectivity index (χ2v) is 7.40. The highest BCUT2D eigenvalue weighted by molar-refractivity contribution is 7.92. The van der Waals surface area contributed by atoms with E-state index in [0.717, 1.165) is 17.4 Å². The maximum Gasteiger partial charge on any atom is 0.407 e. The van der Waals surface area contributed by atoms with Gasteiger partial charge in [-0.1, -0.05) is 36.4 Å². The largest absolute Gasteiger partial charge is 0.495 e. The van der Waals surface area contributed by atoms with Crippen LogP contribution in [-0.2, 0) is 27.8 Å². The second kappa shape index (κ2) is 9.10. The van der Waals surface area contributed by atoms with E-state index in [-0.39, 0.29) is 6.61 Å². The molecule has 2 aromatic rings. The number of alkyl carbamates (subject to hydrolysis) is 1. The summed E-state index contributed by atoms with van der Waals surface area (Å²) in [4.78, 5) is 11.7. The van der Waals surface area contributed by atoms with Crippen molar-refractivity contribution in [1.82, 2.24) is 5.32 Å². The van der Waals surface area contributed by atoms with E-state index in [0.29, 0.717) is 24.4 Å². The SMILES string of the molecule is COc1cc(CCNC(=O)OCc2ccccc2)ccc1NS(C)(=O)=O. The van der Waals surface area contributed by atoms with E-state index in [1.165, 1.54) is 7.11 Å². The predicted octanol–water partition coefficient (Wildman–Crippen LogP) is 2.54. The molecule has 2 N–H and O–H groups in total. The van der Waals surface area contributed by atoms with E-state index in [9.17, 15) is 13.2 Å². The Kier molecular flexibility index (Phi) is 6.85. The molecule has 0 saturated carbocycles. The molecule has 0 aliphatic carbocycles. The summed E-state index contributed by atoms with van der Waals surface area (Å²) in [6.07, 6.45) is 1.14.